The number of benzene rings is 1. The first-order valence-corrected chi connectivity index (χ1v) is 6.74. The van der Waals surface area contributed by atoms with Crippen LogP contribution in [0.4, 0.5) is 0 Å². The molecule has 2 aromatic rings. The highest BCUT2D eigenvalue weighted by Crippen LogP contribution is 2.32. The Balaban J connectivity index is 1.77. The highest BCUT2D eigenvalue weighted by molar-refractivity contribution is 5.39. The zero-order chi connectivity index (χ0) is 13.1. The number of nitrogens with one attached hydrogen (secondary N) is 2. The normalized spacial score (nSPS) is 18.1. The van der Waals surface area contributed by atoms with Crippen LogP contribution in [0.25, 0.3) is 0 Å². The van der Waals surface area contributed by atoms with Gasteiger partial charge in [0.2, 0.25) is 0 Å². The van der Waals surface area contributed by atoms with Crippen molar-refractivity contribution in [3.8, 4) is 5.75 Å². The van der Waals surface area contributed by atoms with Gasteiger partial charge in [0, 0.05) is 24.3 Å². The molecular formula is C15H19N3O. The van der Waals surface area contributed by atoms with Gasteiger partial charge >= 0.3 is 0 Å². The Labute approximate surface area is 113 Å². The van der Waals surface area contributed by atoms with Gasteiger partial charge in [0.1, 0.15) is 5.75 Å². The van der Waals surface area contributed by atoms with Crippen molar-refractivity contribution < 1.29 is 4.74 Å². The molecule has 0 saturated carbocycles. The number of H-pyrrole nitrogens is 1. The van der Waals surface area contributed by atoms with Crippen LogP contribution in [0, 0.1) is 0 Å². The summed E-state index contributed by atoms with van der Waals surface area (Å²) in [6.07, 6.45) is 7.38. The van der Waals surface area contributed by atoms with Crippen LogP contribution >= 0.6 is 0 Å². The maximum Gasteiger partial charge on any atom is 0.119 e. The third-order valence-electron chi connectivity index (χ3n) is 3.77. The van der Waals surface area contributed by atoms with Crippen molar-refractivity contribution in [3.05, 3.63) is 47.3 Å². The van der Waals surface area contributed by atoms with Crippen LogP contribution in [-0.4, -0.2) is 17.3 Å². The van der Waals surface area contributed by atoms with Crippen LogP contribution in [0.1, 0.15) is 35.6 Å². The fourth-order valence-corrected chi connectivity index (χ4v) is 2.73. The van der Waals surface area contributed by atoms with Crippen LogP contribution < -0.4 is 10.1 Å². The summed E-state index contributed by atoms with van der Waals surface area (Å²) in [6, 6.07) is 6.83. The minimum absolute atomic E-state index is 0.411. The fraction of sp³-hybridized carbons (Fsp3) is 0.400. The SMILES string of the molecule is COc1ccc2c(c1)C(NCc1cn[nH]c1)CCC2. The maximum absolute atomic E-state index is 5.34. The minimum Gasteiger partial charge on any atom is -0.497 e. The van der Waals surface area contributed by atoms with E-state index >= 15 is 0 Å². The lowest BCUT2D eigenvalue weighted by Crippen LogP contribution is -2.24. The van der Waals surface area contributed by atoms with E-state index in [-0.39, 0.29) is 0 Å². The first-order valence-electron chi connectivity index (χ1n) is 6.74. The average Bonchev–Trinajstić information content (AvgIpc) is 2.97. The van der Waals surface area contributed by atoms with Crippen LogP contribution in [0.5, 0.6) is 5.75 Å². The average molecular weight is 257 g/mol. The zero-order valence-electron chi connectivity index (χ0n) is 11.1. The molecule has 1 unspecified atom stereocenters. The third kappa shape index (κ3) is 2.63. The molecule has 0 saturated heterocycles. The van der Waals surface area contributed by atoms with Crippen LogP contribution in [0.15, 0.2) is 30.6 Å². The van der Waals surface area contributed by atoms with Gasteiger partial charge in [-0.15, -0.1) is 0 Å². The predicted molar refractivity (Wildman–Crippen MR) is 74.1 cm³/mol. The van der Waals surface area contributed by atoms with Gasteiger partial charge in [-0.05, 0) is 42.5 Å². The Hall–Kier alpha value is -1.81. The van der Waals surface area contributed by atoms with E-state index in [0.29, 0.717) is 6.04 Å². The number of nitrogens with zero attached hydrogens (tertiary/aromatic N) is 1. The Bertz CT molecular complexity index is 536. The quantitative estimate of drug-likeness (QED) is 0.885. The molecule has 19 heavy (non-hydrogen) atoms. The van der Waals surface area contributed by atoms with Crippen molar-refractivity contribution in [3.63, 3.8) is 0 Å². The topological polar surface area (TPSA) is 49.9 Å². The molecule has 1 aliphatic rings. The number of fused-ring (bicyclic) bond motifs is 1. The van der Waals surface area contributed by atoms with Crippen LogP contribution in [-0.2, 0) is 13.0 Å². The van der Waals surface area contributed by atoms with Gasteiger partial charge in [-0.2, -0.15) is 5.10 Å². The molecular weight excluding hydrogens is 238 g/mol. The fourth-order valence-electron chi connectivity index (χ4n) is 2.73. The largest absolute Gasteiger partial charge is 0.497 e. The molecule has 1 heterocycles. The van der Waals surface area contributed by atoms with Gasteiger partial charge in [-0.1, -0.05) is 6.07 Å². The lowest BCUT2D eigenvalue weighted by atomic mass is 9.87. The molecule has 0 fully saturated rings. The maximum atomic E-state index is 5.34. The third-order valence-corrected chi connectivity index (χ3v) is 3.77. The monoisotopic (exact) mass is 257 g/mol. The lowest BCUT2D eigenvalue weighted by Gasteiger charge is -2.27. The Morgan fingerprint density at radius 1 is 1.47 bits per heavy atom. The van der Waals surface area contributed by atoms with Crippen LogP contribution in [0.3, 0.4) is 0 Å². The second-order valence-corrected chi connectivity index (χ2v) is 5.00. The van der Waals surface area contributed by atoms with Crippen molar-refractivity contribution in [2.24, 2.45) is 0 Å². The molecule has 100 valence electrons. The van der Waals surface area contributed by atoms with E-state index in [9.17, 15) is 0 Å². The summed E-state index contributed by atoms with van der Waals surface area (Å²) in [6.45, 7) is 0.845. The summed E-state index contributed by atoms with van der Waals surface area (Å²) in [5.74, 6) is 0.941. The van der Waals surface area contributed by atoms with E-state index in [2.05, 4.69) is 33.7 Å². The number of aromatic amines is 1. The Kier molecular flexibility index (Phi) is 3.51. The van der Waals surface area contributed by atoms with E-state index in [1.165, 1.54) is 36.0 Å². The van der Waals surface area contributed by atoms with E-state index in [4.69, 9.17) is 4.74 Å². The van der Waals surface area contributed by atoms with E-state index in [1.807, 2.05) is 12.4 Å². The highest BCUT2D eigenvalue weighted by atomic mass is 16.5. The molecule has 0 bridgehead atoms. The Morgan fingerprint density at radius 3 is 3.21 bits per heavy atom. The first-order chi connectivity index (χ1) is 9.36. The van der Waals surface area contributed by atoms with Crippen LogP contribution in [0.2, 0.25) is 0 Å². The molecule has 0 aliphatic heterocycles. The van der Waals surface area contributed by atoms with E-state index in [1.54, 1.807) is 7.11 Å². The number of hydrogen-bond acceptors (Lipinski definition) is 3. The van der Waals surface area contributed by atoms with Crippen molar-refractivity contribution in [1.82, 2.24) is 15.5 Å². The van der Waals surface area contributed by atoms with Gasteiger partial charge in [-0.25, -0.2) is 0 Å². The smallest absolute Gasteiger partial charge is 0.119 e. The molecule has 1 atom stereocenters. The number of methoxy groups -OCH3 is 1. The summed E-state index contributed by atoms with van der Waals surface area (Å²) >= 11 is 0. The van der Waals surface area contributed by atoms with Gasteiger partial charge in [0.15, 0.2) is 0 Å². The number of aryl methyl sites for hydroxylation is 1. The second-order valence-electron chi connectivity index (χ2n) is 5.00. The summed E-state index contributed by atoms with van der Waals surface area (Å²) < 4.78 is 5.34. The van der Waals surface area contributed by atoms with Gasteiger partial charge in [0.05, 0.1) is 13.3 Å². The molecule has 4 heteroatoms. The summed E-state index contributed by atoms with van der Waals surface area (Å²) in [7, 11) is 1.72. The molecule has 4 nitrogen and oxygen atoms in total. The second kappa shape index (κ2) is 5.45. The molecule has 1 aliphatic carbocycles. The molecule has 3 rings (SSSR count). The molecule has 1 aromatic heterocycles. The number of rotatable bonds is 4. The summed E-state index contributed by atoms with van der Waals surface area (Å²) in [5, 5.41) is 10.4. The number of hydrogen-bond donors (Lipinski definition) is 2. The molecule has 0 spiro atoms. The number of aromatic nitrogens is 2. The van der Waals surface area contributed by atoms with Crippen molar-refractivity contribution in [2.75, 3.05) is 7.11 Å². The highest BCUT2D eigenvalue weighted by Gasteiger charge is 2.20. The van der Waals surface area contributed by atoms with Crippen molar-refractivity contribution in [1.29, 1.82) is 0 Å². The molecule has 0 radical (unpaired) electrons. The van der Waals surface area contributed by atoms with E-state index < -0.39 is 0 Å². The summed E-state index contributed by atoms with van der Waals surface area (Å²) in [5.41, 5.74) is 4.01. The number of ether oxygens (including phenoxy) is 1. The van der Waals surface area contributed by atoms with E-state index in [0.717, 1.165) is 12.3 Å². The Morgan fingerprint density at radius 2 is 2.42 bits per heavy atom. The van der Waals surface area contributed by atoms with Crippen molar-refractivity contribution in [2.45, 2.75) is 31.8 Å². The standard InChI is InChI=1S/C15H19N3O/c1-19-13-6-5-12-3-2-4-15(14(12)7-13)16-8-11-9-17-18-10-11/h5-7,9-10,15-16H,2-4,8H2,1H3,(H,17,18). The van der Waals surface area contributed by atoms with Gasteiger partial charge in [-0.3, -0.25) is 5.10 Å². The lowest BCUT2D eigenvalue weighted by molar-refractivity contribution is 0.408. The summed E-state index contributed by atoms with van der Waals surface area (Å²) in [4.78, 5) is 0. The van der Waals surface area contributed by atoms with Gasteiger partial charge < -0.3 is 10.1 Å². The minimum atomic E-state index is 0.411. The predicted octanol–water partition coefficient (Wildman–Crippen LogP) is 2.59. The zero-order valence-corrected chi connectivity index (χ0v) is 11.1. The first kappa shape index (κ1) is 12.2. The van der Waals surface area contributed by atoms with Gasteiger partial charge in [0.25, 0.3) is 0 Å². The van der Waals surface area contributed by atoms with Crippen molar-refractivity contribution >= 4 is 0 Å². The molecule has 2 N–H and O–H groups in total. The molecule has 0 amide bonds. The molecule has 1 aromatic carbocycles.